The molecule has 0 unspecified atom stereocenters. The summed E-state index contributed by atoms with van der Waals surface area (Å²) in [6.45, 7) is 6.19. The number of benzene rings is 1. The van der Waals surface area contributed by atoms with Crippen molar-refractivity contribution in [2.24, 2.45) is 11.7 Å². The Bertz CT molecular complexity index is 687. The maximum absolute atomic E-state index is 12.7. The van der Waals surface area contributed by atoms with Crippen LogP contribution in [0.4, 0.5) is 0 Å². The first kappa shape index (κ1) is 22.8. The summed E-state index contributed by atoms with van der Waals surface area (Å²) in [4.78, 5) is 14.6. The first-order valence-electron chi connectivity index (χ1n) is 9.84. The highest BCUT2D eigenvalue weighted by atomic mass is 35.5. The number of halogens is 1. The Balaban J connectivity index is 0.00000280. The second-order valence-electron chi connectivity index (χ2n) is 8.02. The van der Waals surface area contributed by atoms with Gasteiger partial charge in [0.2, 0.25) is 5.91 Å². The molecule has 6 nitrogen and oxygen atoms in total. The van der Waals surface area contributed by atoms with Gasteiger partial charge in [0.1, 0.15) is 0 Å². The summed E-state index contributed by atoms with van der Waals surface area (Å²) in [5.74, 6) is 1.94. The summed E-state index contributed by atoms with van der Waals surface area (Å²) < 4.78 is 17.2. The number of carbonyl (C=O) groups excluding carboxylic acids is 1. The van der Waals surface area contributed by atoms with E-state index in [9.17, 15) is 4.79 Å². The lowest BCUT2D eigenvalue weighted by Gasteiger charge is -2.45. The molecule has 1 atom stereocenters. The van der Waals surface area contributed by atoms with Crippen LogP contribution in [-0.2, 0) is 21.6 Å². The number of likely N-dealkylation sites (tertiary alicyclic amines) is 1. The molecule has 3 rings (SSSR count). The molecular weight excluding hydrogens is 380 g/mol. The second kappa shape index (κ2) is 9.33. The number of piperidine rings is 1. The van der Waals surface area contributed by atoms with Gasteiger partial charge in [-0.25, -0.2) is 0 Å². The summed E-state index contributed by atoms with van der Waals surface area (Å²) in [7, 11) is 3.31. The van der Waals surface area contributed by atoms with Gasteiger partial charge in [0.05, 0.1) is 32.5 Å². The lowest BCUT2D eigenvalue weighted by molar-refractivity contribution is -0.142. The number of rotatable bonds is 5. The number of ether oxygens (including phenoxy) is 3. The third-order valence-corrected chi connectivity index (χ3v) is 5.78. The molecule has 2 N–H and O–H groups in total. The number of methoxy groups -OCH3 is 2. The molecule has 0 radical (unpaired) electrons. The maximum Gasteiger partial charge on any atom is 0.239 e. The molecule has 2 aliphatic rings. The molecule has 0 aromatic heterocycles. The SMILES string of the molecule is COc1cc2c(cc1OC)C1(CCN(C(=O)[C@@H](N)CC(C)C)CC1)OCC2.Cl. The van der Waals surface area contributed by atoms with E-state index in [1.807, 2.05) is 4.90 Å². The quantitative estimate of drug-likeness (QED) is 0.804. The highest BCUT2D eigenvalue weighted by Gasteiger charge is 2.42. The van der Waals surface area contributed by atoms with Gasteiger partial charge in [0.25, 0.3) is 0 Å². The van der Waals surface area contributed by atoms with Crippen molar-refractivity contribution in [3.63, 3.8) is 0 Å². The Morgan fingerprint density at radius 2 is 1.82 bits per heavy atom. The van der Waals surface area contributed by atoms with E-state index in [1.54, 1.807) is 14.2 Å². The summed E-state index contributed by atoms with van der Waals surface area (Å²) in [5, 5.41) is 0. The molecule has 0 bridgehead atoms. The van der Waals surface area contributed by atoms with Crippen LogP contribution in [0.15, 0.2) is 12.1 Å². The van der Waals surface area contributed by atoms with Crippen LogP contribution < -0.4 is 15.2 Å². The minimum atomic E-state index is -0.414. The summed E-state index contributed by atoms with van der Waals surface area (Å²) >= 11 is 0. The normalized spacial score (nSPS) is 19.0. The smallest absolute Gasteiger partial charge is 0.239 e. The van der Waals surface area contributed by atoms with Crippen molar-refractivity contribution in [2.45, 2.75) is 51.2 Å². The molecule has 1 spiro atoms. The van der Waals surface area contributed by atoms with Gasteiger partial charge >= 0.3 is 0 Å². The van der Waals surface area contributed by atoms with Gasteiger partial charge < -0.3 is 24.8 Å². The van der Waals surface area contributed by atoms with Gasteiger partial charge in [-0.05, 0) is 54.9 Å². The molecule has 1 aromatic carbocycles. The van der Waals surface area contributed by atoms with Crippen molar-refractivity contribution in [3.8, 4) is 11.5 Å². The van der Waals surface area contributed by atoms with Gasteiger partial charge in [-0.2, -0.15) is 0 Å². The first-order chi connectivity index (χ1) is 12.9. The lowest BCUT2D eigenvalue weighted by atomic mass is 9.79. The van der Waals surface area contributed by atoms with Crippen molar-refractivity contribution < 1.29 is 19.0 Å². The number of nitrogens with zero attached hydrogens (tertiary/aromatic N) is 1. The highest BCUT2D eigenvalue weighted by Crippen LogP contribution is 2.45. The van der Waals surface area contributed by atoms with E-state index in [-0.39, 0.29) is 23.9 Å². The fraction of sp³-hybridized carbons (Fsp3) is 0.667. The predicted molar refractivity (Wildman–Crippen MR) is 111 cm³/mol. The van der Waals surface area contributed by atoms with Crippen LogP contribution >= 0.6 is 12.4 Å². The van der Waals surface area contributed by atoms with Crippen LogP contribution in [0.25, 0.3) is 0 Å². The molecule has 0 saturated carbocycles. The van der Waals surface area contributed by atoms with Crippen LogP contribution in [0.2, 0.25) is 0 Å². The molecule has 1 aromatic rings. The van der Waals surface area contributed by atoms with E-state index in [0.717, 1.165) is 37.2 Å². The molecule has 158 valence electrons. The summed E-state index contributed by atoms with van der Waals surface area (Å²) in [5.41, 5.74) is 8.17. The zero-order valence-electron chi connectivity index (χ0n) is 17.3. The van der Waals surface area contributed by atoms with Gasteiger partial charge in [-0.15, -0.1) is 12.4 Å². The monoisotopic (exact) mass is 412 g/mol. The zero-order chi connectivity index (χ0) is 19.6. The number of nitrogens with two attached hydrogens (primary N) is 1. The van der Waals surface area contributed by atoms with Gasteiger partial charge in [0, 0.05) is 13.1 Å². The topological polar surface area (TPSA) is 74.0 Å². The van der Waals surface area contributed by atoms with Crippen LogP contribution in [0.3, 0.4) is 0 Å². The average molecular weight is 413 g/mol. The van der Waals surface area contributed by atoms with Gasteiger partial charge in [0.15, 0.2) is 11.5 Å². The molecule has 28 heavy (non-hydrogen) atoms. The Morgan fingerprint density at radius 3 is 2.39 bits per heavy atom. The Morgan fingerprint density at radius 1 is 1.21 bits per heavy atom. The van der Waals surface area contributed by atoms with Crippen LogP contribution in [0.1, 0.15) is 44.2 Å². The van der Waals surface area contributed by atoms with E-state index >= 15 is 0 Å². The highest BCUT2D eigenvalue weighted by molar-refractivity contribution is 5.85. The summed E-state index contributed by atoms with van der Waals surface area (Å²) in [6, 6.07) is 3.70. The Hall–Kier alpha value is -1.50. The summed E-state index contributed by atoms with van der Waals surface area (Å²) in [6.07, 6.45) is 3.13. The van der Waals surface area contributed by atoms with Crippen LogP contribution in [-0.4, -0.2) is 50.8 Å². The van der Waals surface area contributed by atoms with E-state index < -0.39 is 6.04 Å². The van der Waals surface area contributed by atoms with Crippen LogP contribution in [0, 0.1) is 5.92 Å². The van der Waals surface area contributed by atoms with Crippen molar-refractivity contribution in [1.82, 2.24) is 4.90 Å². The number of fused-ring (bicyclic) bond motifs is 2. The molecule has 1 saturated heterocycles. The van der Waals surface area contributed by atoms with E-state index in [4.69, 9.17) is 19.9 Å². The fourth-order valence-corrected chi connectivity index (χ4v) is 4.33. The molecule has 0 aliphatic carbocycles. The Labute approximate surface area is 174 Å². The molecule has 1 amide bonds. The van der Waals surface area contributed by atoms with Crippen molar-refractivity contribution >= 4 is 18.3 Å². The molecule has 2 aliphatic heterocycles. The zero-order valence-corrected chi connectivity index (χ0v) is 18.1. The minimum absolute atomic E-state index is 0. The fourth-order valence-electron chi connectivity index (χ4n) is 4.33. The van der Waals surface area contributed by atoms with E-state index in [2.05, 4.69) is 26.0 Å². The number of hydrogen-bond acceptors (Lipinski definition) is 5. The van der Waals surface area contributed by atoms with E-state index in [0.29, 0.717) is 25.6 Å². The number of carbonyl (C=O) groups is 1. The number of hydrogen-bond donors (Lipinski definition) is 1. The van der Waals surface area contributed by atoms with Crippen molar-refractivity contribution in [2.75, 3.05) is 33.9 Å². The molecule has 7 heteroatoms. The van der Waals surface area contributed by atoms with Crippen molar-refractivity contribution in [1.29, 1.82) is 0 Å². The second-order valence-corrected chi connectivity index (χ2v) is 8.02. The standard InChI is InChI=1S/C21H32N2O4.ClH/c1-14(2)11-17(22)20(24)23-8-6-21(7-9-23)16-13-19(26-4)18(25-3)12-15(16)5-10-27-21;/h12-14,17H,5-11,22H2,1-4H3;1H/t17-;/m0./s1. The predicted octanol–water partition coefficient (Wildman–Crippen LogP) is 2.89. The van der Waals surface area contributed by atoms with Crippen molar-refractivity contribution in [3.05, 3.63) is 23.3 Å². The largest absolute Gasteiger partial charge is 0.493 e. The lowest BCUT2D eigenvalue weighted by Crippen LogP contribution is -2.52. The minimum Gasteiger partial charge on any atom is -0.493 e. The molecule has 2 heterocycles. The number of amides is 1. The Kier molecular flexibility index (Phi) is 7.59. The van der Waals surface area contributed by atoms with Gasteiger partial charge in [-0.3, -0.25) is 4.79 Å². The van der Waals surface area contributed by atoms with E-state index in [1.165, 1.54) is 11.1 Å². The molecule has 1 fully saturated rings. The molecular formula is C21H33ClN2O4. The average Bonchev–Trinajstić information content (AvgIpc) is 2.67. The maximum atomic E-state index is 12.7. The van der Waals surface area contributed by atoms with Gasteiger partial charge in [-0.1, -0.05) is 13.8 Å². The van der Waals surface area contributed by atoms with Crippen LogP contribution in [0.5, 0.6) is 11.5 Å². The first-order valence-corrected chi connectivity index (χ1v) is 9.84. The third-order valence-electron chi connectivity index (χ3n) is 5.78. The third kappa shape index (κ3) is 4.39.